The molecule has 0 aromatic carbocycles. The number of amides is 1. The third-order valence-electron chi connectivity index (χ3n) is 1.99. The molecule has 1 amide bonds. The molecule has 0 aliphatic rings. The lowest BCUT2D eigenvalue weighted by Crippen LogP contribution is -2.31. The number of rotatable bonds is 4. The lowest BCUT2D eigenvalue weighted by Gasteiger charge is -2.18. The maximum absolute atomic E-state index is 11.9. The number of carbonyl (C=O) groups excluding carboxylic acids is 1. The highest BCUT2D eigenvalue weighted by molar-refractivity contribution is 5.92. The summed E-state index contributed by atoms with van der Waals surface area (Å²) < 4.78 is 0. The maximum atomic E-state index is 11.9. The summed E-state index contributed by atoms with van der Waals surface area (Å²) >= 11 is 0. The molecule has 0 bridgehead atoms. The van der Waals surface area contributed by atoms with Crippen molar-refractivity contribution in [3.63, 3.8) is 0 Å². The van der Waals surface area contributed by atoms with E-state index in [2.05, 4.69) is 15.4 Å². The van der Waals surface area contributed by atoms with E-state index in [1.165, 1.54) is 12.4 Å². The molecule has 0 radical (unpaired) electrons. The SMILES string of the molecule is CC(C)CN(C)C(=O)c1cncc(NN)n1. The number of nitrogens with one attached hydrogen (secondary N) is 1. The Labute approximate surface area is 94.8 Å². The van der Waals surface area contributed by atoms with Crippen molar-refractivity contribution in [1.29, 1.82) is 0 Å². The van der Waals surface area contributed by atoms with Crippen LogP contribution in [0.25, 0.3) is 0 Å². The van der Waals surface area contributed by atoms with Gasteiger partial charge in [0.2, 0.25) is 0 Å². The van der Waals surface area contributed by atoms with Crippen LogP contribution in [0.5, 0.6) is 0 Å². The Bertz CT molecular complexity index is 366. The average Bonchev–Trinajstić information content (AvgIpc) is 2.27. The Morgan fingerprint density at radius 2 is 2.25 bits per heavy atom. The van der Waals surface area contributed by atoms with Gasteiger partial charge in [0.15, 0.2) is 5.82 Å². The third-order valence-corrected chi connectivity index (χ3v) is 1.99. The van der Waals surface area contributed by atoms with Gasteiger partial charge < -0.3 is 10.3 Å². The van der Waals surface area contributed by atoms with Gasteiger partial charge in [0.25, 0.3) is 5.91 Å². The number of nitrogens with zero attached hydrogens (tertiary/aromatic N) is 3. The molecule has 0 aliphatic heterocycles. The van der Waals surface area contributed by atoms with Crippen LogP contribution in [0.1, 0.15) is 24.3 Å². The van der Waals surface area contributed by atoms with Gasteiger partial charge in [-0.05, 0) is 5.92 Å². The van der Waals surface area contributed by atoms with Gasteiger partial charge in [-0.25, -0.2) is 10.8 Å². The van der Waals surface area contributed by atoms with Gasteiger partial charge in [0, 0.05) is 13.6 Å². The quantitative estimate of drug-likeness (QED) is 0.573. The third kappa shape index (κ3) is 3.16. The van der Waals surface area contributed by atoms with E-state index >= 15 is 0 Å². The predicted octanol–water partition coefficient (Wildman–Crippen LogP) is 0.490. The number of aromatic nitrogens is 2. The highest BCUT2D eigenvalue weighted by Gasteiger charge is 2.14. The average molecular weight is 223 g/mol. The molecule has 88 valence electrons. The summed E-state index contributed by atoms with van der Waals surface area (Å²) in [7, 11) is 1.74. The molecule has 0 atom stereocenters. The molecular formula is C10H17N5O. The summed E-state index contributed by atoms with van der Waals surface area (Å²) in [6.07, 6.45) is 2.89. The molecule has 0 fully saturated rings. The fraction of sp³-hybridized carbons (Fsp3) is 0.500. The second kappa shape index (κ2) is 5.41. The maximum Gasteiger partial charge on any atom is 0.273 e. The molecule has 1 heterocycles. The number of anilines is 1. The van der Waals surface area contributed by atoms with Crippen molar-refractivity contribution in [1.82, 2.24) is 14.9 Å². The van der Waals surface area contributed by atoms with Crippen LogP contribution in [0.15, 0.2) is 12.4 Å². The Morgan fingerprint density at radius 1 is 1.56 bits per heavy atom. The van der Waals surface area contributed by atoms with E-state index in [-0.39, 0.29) is 5.91 Å². The van der Waals surface area contributed by atoms with E-state index < -0.39 is 0 Å². The number of hydrazine groups is 1. The van der Waals surface area contributed by atoms with E-state index in [4.69, 9.17) is 5.84 Å². The van der Waals surface area contributed by atoms with Gasteiger partial charge in [-0.1, -0.05) is 13.8 Å². The van der Waals surface area contributed by atoms with E-state index in [0.29, 0.717) is 24.0 Å². The molecule has 0 unspecified atom stereocenters. The summed E-state index contributed by atoms with van der Waals surface area (Å²) in [6.45, 7) is 4.78. The van der Waals surface area contributed by atoms with Crippen LogP contribution < -0.4 is 11.3 Å². The number of nitrogens with two attached hydrogens (primary N) is 1. The van der Waals surface area contributed by atoms with Crippen LogP contribution in [-0.2, 0) is 0 Å². The number of hydrogen-bond acceptors (Lipinski definition) is 5. The lowest BCUT2D eigenvalue weighted by atomic mass is 10.2. The molecule has 0 saturated carbocycles. The standard InChI is InChI=1S/C10H17N5O/c1-7(2)6-15(3)10(16)8-4-12-5-9(13-8)14-11/h4-5,7H,6,11H2,1-3H3,(H,13,14). The fourth-order valence-corrected chi connectivity index (χ4v) is 1.36. The second-order valence-corrected chi connectivity index (χ2v) is 4.01. The molecule has 16 heavy (non-hydrogen) atoms. The lowest BCUT2D eigenvalue weighted by molar-refractivity contribution is 0.0773. The summed E-state index contributed by atoms with van der Waals surface area (Å²) in [5, 5.41) is 0. The number of nitrogen functional groups attached to an aromatic ring is 1. The minimum atomic E-state index is -0.154. The highest BCUT2D eigenvalue weighted by atomic mass is 16.2. The molecular weight excluding hydrogens is 206 g/mol. The minimum absolute atomic E-state index is 0.154. The van der Waals surface area contributed by atoms with Crippen molar-refractivity contribution in [3.8, 4) is 0 Å². The van der Waals surface area contributed by atoms with Crippen LogP contribution >= 0.6 is 0 Å². The molecule has 3 N–H and O–H groups in total. The molecule has 0 saturated heterocycles. The zero-order valence-corrected chi connectivity index (χ0v) is 9.77. The van der Waals surface area contributed by atoms with Gasteiger partial charge in [0.1, 0.15) is 5.69 Å². The number of hydrogen-bond donors (Lipinski definition) is 2. The summed E-state index contributed by atoms with van der Waals surface area (Å²) in [5.41, 5.74) is 2.65. The van der Waals surface area contributed by atoms with Crippen LogP contribution in [0.2, 0.25) is 0 Å². The fourth-order valence-electron chi connectivity index (χ4n) is 1.36. The van der Waals surface area contributed by atoms with E-state index in [1.807, 2.05) is 13.8 Å². The molecule has 1 aromatic rings. The Kier molecular flexibility index (Phi) is 4.19. The summed E-state index contributed by atoms with van der Waals surface area (Å²) in [5.74, 6) is 5.84. The van der Waals surface area contributed by atoms with Crippen molar-refractivity contribution >= 4 is 11.7 Å². The first-order valence-corrected chi connectivity index (χ1v) is 5.08. The molecule has 6 nitrogen and oxygen atoms in total. The summed E-state index contributed by atoms with van der Waals surface area (Å²) in [6, 6.07) is 0. The first kappa shape index (κ1) is 12.4. The molecule has 6 heteroatoms. The molecule has 1 aromatic heterocycles. The van der Waals surface area contributed by atoms with Crippen molar-refractivity contribution in [2.45, 2.75) is 13.8 Å². The van der Waals surface area contributed by atoms with Crippen LogP contribution in [0.4, 0.5) is 5.82 Å². The van der Waals surface area contributed by atoms with E-state index in [9.17, 15) is 4.79 Å². The second-order valence-electron chi connectivity index (χ2n) is 4.01. The van der Waals surface area contributed by atoms with Crippen LogP contribution in [0, 0.1) is 5.92 Å². The Morgan fingerprint density at radius 3 is 2.81 bits per heavy atom. The number of carbonyl (C=O) groups is 1. The first-order valence-electron chi connectivity index (χ1n) is 5.08. The smallest absolute Gasteiger partial charge is 0.273 e. The van der Waals surface area contributed by atoms with E-state index in [0.717, 1.165) is 0 Å². The van der Waals surface area contributed by atoms with Crippen molar-refractivity contribution in [2.24, 2.45) is 11.8 Å². The molecule has 0 aliphatic carbocycles. The van der Waals surface area contributed by atoms with Crippen molar-refractivity contribution in [2.75, 3.05) is 19.0 Å². The van der Waals surface area contributed by atoms with Crippen LogP contribution in [-0.4, -0.2) is 34.4 Å². The Balaban J connectivity index is 2.79. The largest absolute Gasteiger partial charge is 0.340 e. The van der Waals surface area contributed by atoms with Gasteiger partial charge in [-0.15, -0.1) is 0 Å². The van der Waals surface area contributed by atoms with Gasteiger partial charge in [-0.3, -0.25) is 9.78 Å². The Hall–Kier alpha value is -1.69. The zero-order chi connectivity index (χ0) is 12.1. The molecule has 0 spiro atoms. The first-order chi connectivity index (χ1) is 7.54. The van der Waals surface area contributed by atoms with Gasteiger partial charge in [-0.2, -0.15) is 0 Å². The monoisotopic (exact) mass is 223 g/mol. The molecule has 1 rings (SSSR count). The zero-order valence-electron chi connectivity index (χ0n) is 9.77. The normalized spacial score (nSPS) is 10.3. The van der Waals surface area contributed by atoms with Crippen molar-refractivity contribution < 1.29 is 4.79 Å². The topological polar surface area (TPSA) is 84.1 Å². The minimum Gasteiger partial charge on any atom is -0.340 e. The highest BCUT2D eigenvalue weighted by Crippen LogP contribution is 2.05. The van der Waals surface area contributed by atoms with Crippen molar-refractivity contribution in [3.05, 3.63) is 18.1 Å². The van der Waals surface area contributed by atoms with Gasteiger partial charge in [0.05, 0.1) is 12.4 Å². The van der Waals surface area contributed by atoms with E-state index in [1.54, 1.807) is 11.9 Å². The van der Waals surface area contributed by atoms with Crippen LogP contribution in [0.3, 0.4) is 0 Å². The predicted molar refractivity (Wildman–Crippen MR) is 61.6 cm³/mol. The summed E-state index contributed by atoms with van der Waals surface area (Å²) in [4.78, 5) is 21.4. The van der Waals surface area contributed by atoms with Gasteiger partial charge >= 0.3 is 0 Å².